The summed E-state index contributed by atoms with van der Waals surface area (Å²) in [4.78, 5) is 23.9. The Morgan fingerprint density at radius 1 is 1.33 bits per heavy atom. The summed E-state index contributed by atoms with van der Waals surface area (Å²) in [5, 5.41) is 14.2. The zero-order valence-corrected chi connectivity index (χ0v) is 13.4. The van der Waals surface area contributed by atoms with Crippen molar-refractivity contribution in [3.63, 3.8) is 0 Å². The molecule has 0 saturated heterocycles. The van der Waals surface area contributed by atoms with Crippen LogP contribution in [0.3, 0.4) is 0 Å². The number of benzene rings is 2. The fourth-order valence-electron chi connectivity index (χ4n) is 2.64. The molecule has 0 unspecified atom stereocenters. The van der Waals surface area contributed by atoms with Gasteiger partial charge in [0.1, 0.15) is 5.75 Å². The van der Waals surface area contributed by atoms with Gasteiger partial charge in [0.05, 0.1) is 10.6 Å². The summed E-state index contributed by atoms with van der Waals surface area (Å²) in [7, 11) is 1.71. The minimum atomic E-state index is -0.379. The van der Waals surface area contributed by atoms with E-state index in [9.17, 15) is 14.9 Å². The molecule has 1 amide bonds. The first-order chi connectivity index (χ1) is 11.5. The third-order valence-electron chi connectivity index (χ3n) is 4.14. The molecule has 3 rings (SSSR count). The van der Waals surface area contributed by atoms with Gasteiger partial charge in [-0.1, -0.05) is 12.1 Å². The first-order valence-electron chi connectivity index (χ1n) is 7.47. The van der Waals surface area contributed by atoms with Gasteiger partial charge in [-0.05, 0) is 30.7 Å². The van der Waals surface area contributed by atoms with E-state index < -0.39 is 0 Å². The molecule has 0 atom stereocenters. The number of anilines is 2. The van der Waals surface area contributed by atoms with Gasteiger partial charge in [0, 0.05) is 30.9 Å². The van der Waals surface area contributed by atoms with Crippen molar-refractivity contribution in [3.05, 3.63) is 57.6 Å². The van der Waals surface area contributed by atoms with Crippen LogP contribution in [-0.4, -0.2) is 24.5 Å². The molecule has 24 heavy (non-hydrogen) atoms. The number of nitrogens with zero attached hydrogens (tertiary/aromatic N) is 2. The van der Waals surface area contributed by atoms with Crippen LogP contribution in [0.5, 0.6) is 5.75 Å². The molecule has 0 fully saturated rings. The second kappa shape index (κ2) is 6.19. The van der Waals surface area contributed by atoms with Crippen molar-refractivity contribution >= 4 is 23.0 Å². The van der Waals surface area contributed by atoms with E-state index in [2.05, 4.69) is 5.32 Å². The topological polar surface area (TPSA) is 84.7 Å². The molecule has 7 heteroatoms. The lowest BCUT2D eigenvalue weighted by Gasteiger charge is -2.26. The highest BCUT2D eigenvalue weighted by Crippen LogP contribution is 2.34. The quantitative estimate of drug-likeness (QED) is 0.689. The Bertz CT molecular complexity index is 819. The molecule has 2 aromatic carbocycles. The fraction of sp³-hybridized carbons (Fsp3) is 0.235. The Balaban J connectivity index is 1.80. The number of hydrogen-bond acceptors (Lipinski definition) is 5. The van der Waals surface area contributed by atoms with E-state index >= 15 is 0 Å². The van der Waals surface area contributed by atoms with Gasteiger partial charge in [0.15, 0.2) is 6.61 Å². The first kappa shape index (κ1) is 15.8. The van der Waals surface area contributed by atoms with Crippen molar-refractivity contribution in [2.24, 2.45) is 0 Å². The van der Waals surface area contributed by atoms with E-state index in [1.807, 2.05) is 18.2 Å². The van der Waals surface area contributed by atoms with Crippen molar-refractivity contribution < 1.29 is 14.5 Å². The SMILES string of the molecule is Cc1c(CNc2ccc3c(c2)N(C)C(=O)CO3)cccc1[N+](=O)[O-]. The van der Waals surface area contributed by atoms with Gasteiger partial charge in [-0.2, -0.15) is 0 Å². The largest absolute Gasteiger partial charge is 0.482 e. The molecule has 1 aliphatic rings. The Kier molecular flexibility index (Phi) is 4.07. The van der Waals surface area contributed by atoms with Crippen LogP contribution in [0.1, 0.15) is 11.1 Å². The van der Waals surface area contributed by atoms with Crippen LogP contribution >= 0.6 is 0 Å². The van der Waals surface area contributed by atoms with E-state index in [1.54, 1.807) is 31.0 Å². The number of hydrogen-bond donors (Lipinski definition) is 1. The summed E-state index contributed by atoms with van der Waals surface area (Å²) in [6, 6.07) is 10.5. The third kappa shape index (κ3) is 2.88. The molecule has 0 aliphatic carbocycles. The van der Waals surface area contributed by atoms with Gasteiger partial charge in [0.25, 0.3) is 11.6 Å². The monoisotopic (exact) mass is 327 g/mol. The highest BCUT2D eigenvalue weighted by molar-refractivity contribution is 5.97. The molecule has 1 heterocycles. The second-order valence-corrected chi connectivity index (χ2v) is 5.60. The lowest BCUT2D eigenvalue weighted by Crippen LogP contribution is -2.35. The van der Waals surface area contributed by atoms with Crippen LogP contribution in [0.15, 0.2) is 36.4 Å². The predicted molar refractivity (Wildman–Crippen MR) is 90.5 cm³/mol. The van der Waals surface area contributed by atoms with E-state index in [0.717, 1.165) is 11.3 Å². The Morgan fingerprint density at radius 2 is 2.12 bits per heavy atom. The fourth-order valence-corrected chi connectivity index (χ4v) is 2.64. The number of ether oxygens (including phenoxy) is 1. The average molecular weight is 327 g/mol. The summed E-state index contributed by atoms with van der Waals surface area (Å²) in [6.07, 6.45) is 0. The number of carbonyl (C=O) groups excluding carboxylic acids is 1. The van der Waals surface area contributed by atoms with Crippen molar-refractivity contribution in [2.75, 3.05) is 23.9 Å². The third-order valence-corrected chi connectivity index (χ3v) is 4.14. The molecule has 7 nitrogen and oxygen atoms in total. The van der Waals surface area contributed by atoms with Crippen LogP contribution in [0.25, 0.3) is 0 Å². The van der Waals surface area contributed by atoms with Gasteiger partial charge in [-0.15, -0.1) is 0 Å². The Hall–Kier alpha value is -3.09. The molecule has 124 valence electrons. The van der Waals surface area contributed by atoms with Gasteiger partial charge in [-0.3, -0.25) is 14.9 Å². The Morgan fingerprint density at radius 3 is 2.88 bits per heavy atom. The average Bonchev–Trinajstić information content (AvgIpc) is 2.57. The second-order valence-electron chi connectivity index (χ2n) is 5.60. The van der Waals surface area contributed by atoms with E-state index in [1.165, 1.54) is 6.07 Å². The normalized spacial score (nSPS) is 13.2. The number of amides is 1. The minimum absolute atomic E-state index is 0.0448. The molecule has 1 N–H and O–H groups in total. The smallest absolute Gasteiger partial charge is 0.272 e. The number of carbonyl (C=O) groups is 1. The molecular weight excluding hydrogens is 310 g/mol. The molecular formula is C17H17N3O4. The molecule has 0 aromatic heterocycles. The molecule has 2 aromatic rings. The van der Waals surface area contributed by atoms with Gasteiger partial charge in [0.2, 0.25) is 0 Å². The lowest BCUT2D eigenvalue weighted by molar-refractivity contribution is -0.385. The maximum atomic E-state index is 11.7. The van der Waals surface area contributed by atoms with Crippen molar-refractivity contribution in [3.8, 4) is 5.75 Å². The number of nitro groups is 1. The molecule has 0 saturated carbocycles. The van der Waals surface area contributed by atoms with Crippen LogP contribution < -0.4 is 15.0 Å². The number of rotatable bonds is 4. The molecule has 0 spiro atoms. The maximum Gasteiger partial charge on any atom is 0.272 e. The number of likely N-dealkylation sites (N-methyl/N-ethyl adjacent to an activating group) is 1. The van der Waals surface area contributed by atoms with Crippen LogP contribution in [-0.2, 0) is 11.3 Å². The van der Waals surface area contributed by atoms with Crippen LogP contribution in [0.4, 0.5) is 17.1 Å². The van der Waals surface area contributed by atoms with Crippen LogP contribution in [0.2, 0.25) is 0 Å². The van der Waals surface area contributed by atoms with Crippen molar-refractivity contribution in [1.29, 1.82) is 0 Å². The van der Waals surface area contributed by atoms with E-state index in [0.29, 0.717) is 23.5 Å². The standard InChI is InChI=1S/C17H17N3O4/c1-11-12(4-3-5-14(11)20(22)23)9-18-13-6-7-16-15(8-13)19(2)17(21)10-24-16/h3-8,18H,9-10H2,1-2H3. The first-order valence-corrected chi connectivity index (χ1v) is 7.47. The molecule has 0 bridgehead atoms. The zero-order valence-electron chi connectivity index (χ0n) is 13.4. The van der Waals surface area contributed by atoms with Gasteiger partial charge in [-0.25, -0.2) is 0 Å². The predicted octanol–water partition coefficient (Wildman–Crippen LogP) is 2.87. The zero-order chi connectivity index (χ0) is 17.3. The molecule has 0 radical (unpaired) electrons. The van der Waals surface area contributed by atoms with Gasteiger partial charge >= 0.3 is 0 Å². The maximum absolute atomic E-state index is 11.7. The molecule has 1 aliphatic heterocycles. The minimum Gasteiger partial charge on any atom is -0.482 e. The summed E-state index contributed by atoms with van der Waals surface area (Å²) < 4.78 is 5.39. The Labute approximate surface area is 139 Å². The highest BCUT2D eigenvalue weighted by Gasteiger charge is 2.22. The lowest BCUT2D eigenvalue weighted by atomic mass is 10.1. The number of nitrogens with one attached hydrogen (secondary N) is 1. The van der Waals surface area contributed by atoms with Crippen molar-refractivity contribution in [2.45, 2.75) is 13.5 Å². The number of nitro benzene ring substituents is 1. The van der Waals surface area contributed by atoms with E-state index in [-0.39, 0.29) is 23.1 Å². The van der Waals surface area contributed by atoms with Crippen LogP contribution in [0, 0.1) is 17.0 Å². The number of fused-ring (bicyclic) bond motifs is 1. The summed E-state index contributed by atoms with van der Waals surface area (Å²) >= 11 is 0. The summed E-state index contributed by atoms with van der Waals surface area (Å²) in [6.45, 7) is 2.23. The van der Waals surface area contributed by atoms with Gasteiger partial charge < -0.3 is 15.0 Å². The summed E-state index contributed by atoms with van der Waals surface area (Å²) in [5.41, 5.74) is 3.11. The summed E-state index contributed by atoms with van der Waals surface area (Å²) in [5.74, 6) is 0.559. The van der Waals surface area contributed by atoms with Crippen molar-refractivity contribution in [1.82, 2.24) is 0 Å². The van der Waals surface area contributed by atoms with E-state index in [4.69, 9.17) is 4.74 Å². The highest BCUT2D eigenvalue weighted by atomic mass is 16.6.